The van der Waals surface area contributed by atoms with E-state index in [2.05, 4.69) is 4.98 Å². The molecule has 0 saturated heterocycles. The third-order valence-corrected chi connectivity index (χ3v) is 5.02. The van der Waals surface area contributed by atoms with Crippen LogP contribution in [0.5, 0.6) is 5.75 Å². The molecule has 150 valence electrons. The van der Waals surface area contributed by atoms with Crippen LogP contribution in [-0.2, 0) is 6.61 Å². The summed E-state index contributed by atoms with van der Waals surface area (Å²) in [6, 6.07) is 28.6. The lowest BCUT2D eigenvalue weighted by Crippen LogP contribution is -2.22. The number of benzene rings is 3. The first kappa shape index (κ1) is 18.8. The van der Waals surface area contributed by atoms with Crippen molar-refractivity contribution in [3.8, 4) is 22.8 Å². The summed E-state index contributed by atoms with van der Waals surface area (Å²) in [6.07, 6.45) is 3.41. The number of aromatic nitrogens is 3. The molecule has 0 amide bonds. The zero-order valence-corrected chi connectivity index (χ0v) is 16.7. The molecule has 0 fully saturated rings. The van der Waals surface area contributed by atoms with Crippen LogP contribution >= 0.6 is 0 Å². The van der Waals surface area contributed by atoms with Gasteiger partial charge in [0, 0.05) is 24.0 Å². The van der Waals surface area contributed by atoms with Crippen LogP contribution in [-0.4, -0.2) is 14.5 Å². The lowest BCUT2D eigenvalue weighted by atomic mass is 10.2. The molecule has 0 atom stereocenters. The maximum absolute atomic E-state index is 13.5. The van der Waals surface area contributed by atoms with Gasteiger partial charge in [-0.1, -0.05) is 48.5 Å². The first-order valence-corrected chi connectivity index (χ1v) is 9.99. The van der Waals surface area contributed by atoms with Crippen molar-refractivity contribution in [1.29, 1.82) is 0 Å². The number of rotatable bonds is 5. The van der Waals surface area contributed by atoms with Gasteiger partial charge >= 0.3 is 0 Å². The summed E-state index contributed by atoms with van der Waals surface area (Å²) >= 11 is 0. The van der Waals surface area contributed by atoms with Crippen molar-refractivity contribution in [3.63, 3.8) is 0 Å². The van der Waals surface area contributed by atoms with E-state index in [4.69, 9.17) is 9.72 Å². The van der Waals surface area contributed by atoms with Gasteiger partial charge in [0.2, 0.25) is 0 Å². The van der Waals surface area contributed by atoms with Crippen LogP contribution in [0.2, 0.25) is 0 Å². The van der Waals surface area contributed by atoms with Crippen LogP contribution < -0.4 is 10.3 Å². The number of para-hydroxylation sites is 1. The van der Waals surface area contributed by atoms with Gasteiger partial charge in [0.15, 0.2) is 0 Å². The fourth-order valence-corrected chi connectivity index (χ4v) is 3.51. The number of ether oxygens (including phenoxy) is 1. The summed E-state index contributed by atoms with van der Waals surface area (Å²) in [7, 11) is 0. The smallest absolute Gasteiger partial charge is 0.266 e. The fourth-order valence-electron chi connectivity index (χ4n) is 3.51. The Balaban J connectivity index is 1.63. The number of hydrogen-bond donors (Lipinski definition) is 0. The van der Waals surface area contributed by atoms with Crippen molar-refractivity contribution in [3.05, 3.63) is 119 Å². The Labute approximate surface area is 179 Å². The van der Waals surface area contributed by atoms with Gasteiger partial charge in [-0.05, 0) is 42.0 Å². The standard InChI is InChI=1S/C26H19N3O2/c30-26-23-13-4-5-14-24(23)28-25(20-10-7-15-27-17-20)29(26)21-11-6-12-22(16-21)31-18-19-8-2-1-3-9-19/h1-17H,18H2. The molecule has 0 unspecified atom stereocenters. The highest BCUT2D eigenvalue weighted by Gasteiger charge is 2.15. The Morgan fingerprint density at radius 1 is 0.839 bits per heavy atom. The Morgan fingerprint density at radius 3 is 2.52 bits per heavy atom. The molecule has 0 N–H and O–H groups in total. The molecule has 0 aliphatic carbocycles. The van der Waals surface area contributed by atoms with Gasteiger partial charge in [0.25, 0.3) is 5.56 Å². The van der Waals surface area contributed by atoms with E-state index in [0.29, 0.717) is 34.8 Å². The Bertz CT molecular complexity index is 1400. The van der Waals surface area contributed by atoms with E-state index in [1.807, 2.05) is 84.9 Å². The molecule has 5 nitrogen and oxygen atoms in total. The summed E-state index contributed by atoms with van der Waals surface area (Å²) in [5, 5.41) is 0.561. The lowest BCUT2D eigenvalue weighted by molar-refractivity contribution is 0.306. The van der Waals surface area contributed by atoms with Crippen molar-refractivity contribution in [2.45, 2.75) is 6.61 Å². The van der Waals surface area contributed by atoms with Gasteiger partial charge < -0.3 is 4.74 Å². The van der Waals surface area contributed by atoms with E-state index in [1.165, 1.54) is 0 Å². The van der Waals surface area contributed by atoms with Crippen molar-refractivity contribution >= 4 is 10.9 Å². The van der Waals surface area contributed by atoms with Gasteiger partial charge in [-0.2, -0.15) is 0 Å². The van der Waals surface area contributed by atoms with Gasteiger partial charge in [0.05, 0.1) is 16.6 Å². The largest absolute Gasteiger partial charge is 0.489 e. The number of pyridine rings is 1. The molecule has 0 aliphatic rings. The fraction of sp³-hybridized carbons (Fsp3) is 0.0385. The maximum Gasteiger partial charge on any atom is 0.266 e. The first-order valence-electron chi connectivity index (χ1n) is 9.99. The van der Waals surface area contributed by atoms with Crippen molar-refractivity contribution in [2.24, 2.45) is 0 Å². The monoisotopic (exact) mass is 405 g/mol. The number of fused-ring (bicyclic) bond motifs is 1. The van der Waals surface area contributed by atoms with Crippen LogP contribution in [0.15, 0.2) is 108 Å². The molecule has 0 spiro atoms. The zero-order chi connectivity index (χ0) is 21.0. The molecule has 0 radical (unpaired) electrons. The highest BCUT2D eigenvalue weighted by Crippen LogP contribution is 2.24. The van der Waals surface area contributed by atoms with Gasteiger partial charge in [0.1, 0.15) is 18.2 Å². The van der Waals surface area contributed by atoms with Crippen LogP contribution in [0.1, 0.15) is 5.56 Å². The van der Waals surface area contributed by atoms with Crippen molar-refractivity contribution < 1.29 is 4.74 Å². The molecule has 3 aromatic carbocycles. The van der Waals surface area contributed by atoms with Crippen LogP contribution in [0.25, 0.3) is 28.0 Å². The Morgan fingerprint density at radius 2 is 1.68 bits per heavy atom. The highest BCUT2D eigenvalue weighted by molar-refractivity contribution is 5.80. The van der Waals surface area contributed by atoms with Crippen molar-refractivity contribution in [1.82, 2.24) is 14.5 Å². The van der Waals surface area contributed by atoms with E-state index in [-0.39, 0.29) is 5.56 Å². The summed E-state index contributed by atoms with van der Waals surface area (Å²) in [6.45, 7) is 0.449. The van der Waals surface area contributed by atoms with E-state index >= 15 is 0 Å². The lowest BCUT2D eigenvalue weighted by Gasteiger charge is -2.15. The minimum atomic E-state index is -0.135. The molecule has 0 saturated carbocycles. The average molecular weight is 405 g/mol. The third kappa shape index (κ3) is 3.81. The summed E-state index contributed by atoms with van der Waals surface area (Å²) < 4.78 is 7.60. The van der Waals surface area contributed by atoms with E-state index < -0.39 is 0 Å². The predicted molar refractivity (Wildman–Crippen MR) is 121 cm³/mol. The molecule has 31 heavy (non-hydrogen) atoms. The molecule has 5 heteroatoms. The van der Waals surface area contributed by atoms with Crippen LogP contribution in [0.4, 0.5) is 0 Å². The minimum absolute atomic E-state index is 0.135. The Kier molecular flexibility index (Phi) is 4.99. The second-order valence-electron chi connectivity index (χ2n) is 7.11. The molecule has 2 aromatic heterocycles. The quantitative estimate of drug-likeness (QED) is 0.412. The normalized spacial score (nSPS) is 10.8. The molecular formula is C26H19N3O2. The average Bonchev–Trinajstić information content (AvgIpc) is 2.84. The van der Waals surface area contributed by atoms with Gasteiger partial charge in [-0.25, -0.2) is 4.98 Å². The number of nitrogens with zero attached hydrogens (tertiary/aromatic N) is 3. The van der Waals surface area contributed by atoms with E-state index in [0.717, 1.165) is 11.1 Å². The van der Waals surface area contributed by atoms with Crippen LogP contribution in [0, 0.1) is 0 Å². The van der Waals surface area contributed by atoms with E-state index in [1.54, 1.807) is 23.0 Å². The molecule has 0 aliphatic heterocycles. The Hall–Kier alpha value is -4.25. The minimum Gasteiger partial charge on any atom is -0.489 e. The SMILES string of the molecule is O=c1c2ccccc2nc(-c2cccnc2)n1-c1cccc(OCc2ccccc2)c1. The van der Waals surface area contributed by atoms with E-state index in [9.17, 15) is 4.79 Å². The molecule has 0 bridgehead atoms. The molecular weight excluding hydrogens is 386 g/mol. The second kappa shape index (κ2) is 8.24. The van der Waals surface area contributed by atoms with Crippen LogP contribution in [0.3, 0.4) is 0 Å². The number of hydrogen-bond acceptors (Lipinski definition) is 4. The summed E-state index contributed by atoms with van der Waals surface area (Å²) in [5.74, 6) is 1.22. The topological polar surface area (TPSA) is 57.0 Å². The maximum atomic E-state index is 13.5. The van der Waals surface area contributed by atoms with Gasteiger partial charge in [-0.15, -0.1) is 0 Å². The summed E-state index contributed by atoms with van der Waals surface area (Å²) in [4.78, 5) is 22.5. The molecule has 2 heterocycles. The van der Waals surface area contributed by atoms with Crippen molar-refractivity contribution in [2.75, 3.05) is 0 Å². The highest BCUT2D eigenvalue weighted by atomic mass is 16.5. The zero-order valence-electron chi connectivity index (χ0n) is 16.7. The first-order chi connectivity index (χ1) is 15.3. The third-order valence-electron chi connectivity index (χ3n) is 5.02. The summed E-state index contributed by atoms with van der Waals surface area (Å²) in [5.41, 5.74) is 3.05. The molecule has 5 aromatic rings. The van der Waals surface area contributed by atoms with Gasteiger partial charge in [-0.3, -0.25) is 14.3 Å². The second-order valence-corrected chi connectivity index (χ2v) is 7.11. The molecule has 5 rings (SSSR count). The predicted octanol–water partition coefficient (Wildman–Crippen LogP) is 5.03.